The zero-order valence-electron chi connectivity index (χ0n) is 10.1. The molecule has 0 saturated heterocycles. The maximum atomic E-state index is 10.2. The van der Waals surface area contributed by atoms with E-state index in [1.54, 1.807) is 20.8 Å². The van der Waals surface area contributed by atoms with Gasteiger partial charge in [-0.3, -0.25) is 0 Å². The molecule has 0 heterocycles. The lowest BCUT2D eigenvalue weighted by atomic mass is 10.6. The summed E-state index contributed by atoms with van der Waals surface area (Å²) in [5.41, 5.74) is 0. The minimum Gasteiger partial charge on any atom is -0.480 e. The lowest BCUT2D eigenvalue weighted by Crippen LogP contribution is -2.28. The van der Waals surface area contributed by atoms with Crippen molar-refractivity contribution in [1.82, 2.24) is 0 Å². The molecule has 0 aromatic carbocycles. The van der Waals surface area contributed by atoms with Crippen LogP contribution in [0.25, 0.3) is 0 Å². The molecule has 0 radical (unpaired) electrons. The maximum Gasteiger partial charge on any atom is 0.329 e. The van der Waals surface area contributed by atoms with Crippen molar-refractivity contribution in [1.29, 1.82) is 0 Å². The van der Waals surface area contributed by atoms with E-state index >= 15 is 0 Å². The molecule has 6 heteroatoms. The van der Waals surface area contributed by atoms with Gasteiger partial charge in [-0.05, 0) is 27.7 Å². The van der Waals surface area contributed by atoms with Crippen LogP contribution in [0.15, 0.2) is 0 Å². The summed E-state index contributed by atoms with van der Waals surface area (Å²) in [4.78, 5) is 10.2. The summed E-state index contributed by atoms with van der Waals surface area (Å²) in [5, 5.41) is 8.38. The first-order chi connectivity index (χ1) is 7.45. The number of hydrogen-bond donors (Lipinski definition) is 1. The molecule has 96 valence electrons. The Labute approximate surface area is 95.4 Å². The molecular formula is C10H20O6. The minimum atomic E-state index is -1.04. The second-order valence-electron chi connectivity index (χ2n) is 3.14. The van der Waals surface area contributed by atoms with Crippen molar-refractivity contribution in [3.63, 3.8) is 0 Å². The third kappa shape index (κ3) is 8.60. The van der Waals surface area contributed by atoms with Crippen LogP contribution in [0.3, 0.4) is 0 Å². The van der Waals surface area contributed by atoms with Gasteiger partial charge in [-0.25, -0.2) is 4.79 Å². The Morgan fingerprint density at radius 2 is 1.56 bits per heavy atom. The molecule has 16 heavy (non-hydrogen) atoms. The van der Waals surface area contributed by atoms with Gasteiger partial charge >= 0.3 is 5.97 Å². The van der Waals surface area contributed by atoms with Crippen LogP contribution in [0.4, 0.5) is 0 Å². The molecule has 0 aliphatic rings. The van der Waals surface area contributed by atoms with Gasteiger partial charge in [-0.15, -0.1) is 0 Å². The van der Waals surface area contributed by atoms with Gasteiger partial charge in [0, 0.05) is 6.61 Å². The maximum absolute atomic E-state index is 10.2. The molecule has 0 rings (SSSR count). The van der Waals surface area contributed by atoms with Gasteiger partial charge in [-0.1, -0.05) is 0 Å². The molecule has 0 amide bonds. The highest BCUT2D eigenvalue weighted by atomic mass is 16.8. The van der Waals surface area contributed by atoms with Crippen LogP contribution >= 0.6 is 0 Å². The van der Waals surface area contributed by atoms with Crippen LogP contribution in [0, 0.1) is 0 Å². The van der Waals surface area contributed by atoms with Gasteiger partial charge in [-0.2, -0.15) is 0 Å². The summed E-state index contributed by atoms with van der Waals surface area (Å²) < 4.78 is 20.6. The average molecular weight is 236 g/mol. The standard InChI is InChI=1S/C10H20O6/c1-5-13-7(2)15-9(4)16-8(3)14-6-10(11)12/h7-9H,5-6H2,1-4H3,(H,11,12). The van der Waals surface area contributed by atoms with Crippen molar-refractivity contribution in [2.45, 2.75) is 46.6 Å². The van der Waals surface area contributed by atoms with Gasteiger partial charge in [0.25, 0.3) is 0 Å². The molecule has 3 atom stereocenters. The van der Waals surface area contributed by atoms with Crippen molar-refractivity contribution >= 4 is 5.97 Å². The fourth-order valence-corrected chi connectivity index (χ4v) is 1.07. The van der Waals surface area contributed by atoms with Crippen LogP contribution in [0.5, 0.6) is 0 Å². The molecule has 0 spiro atoms. The van der Waals surface area contributed by atoms with Crippen LogP contribution in [0.2, 0.25) is 0 Å². The minimum absolute atomic E-state index is 0.369. The first kappa shape index (κ1) is 15.3. The lowest BCUT2D eigenvalue weighted by molar-refractivity contribution is -0.278. The topological polar surface area (TPSA) is 74.2 Å². The highest BCUT2D eigenvalue weighted by molar-refractivity contribution is 5.67. The van der Waals surface area contributed by atoms with Crippen molar-refractivity contribution in [2.75, 3.05) is 13.2 Å². The molecule has 1 N–H and O–H groups in total. The predicted octanol–water partition coefficient (Wildman–Crippen LogP) is 1.20. The Hall–Kier alpha value is -0.690. The number of carboxylic acids is 1. The second kappa shape index (κ2) is 8.46. The molecule has 0 aliphatic heterocycles. The first-order valence-electron chi connectivity index (χ1n) is 5.21. The zero-order chi connectivity index (χ0) is 12.6. The molecule has 6 nitrogen and oxygen atoms in total. The third-order valence-corrected chi connectivity index (χ3v) is 1.61. The Bertz CT molecular complexity index is 196. The van der Waals surface area contributed by atoms with E-state index in [9.17, 15) is 4.79 Å². The SMILES string of the molecule is CCOC(C)OC(C)OC(C)OCC(=O)O. The predicted molar refractivity (Wildman–Crippen MR) is 55.8 cm³/mol. The van der Waals surface area contributed by atoms with Gasteiger partial charge in [0.2, 0.25) is 0 Å². The van der Waals surface area contributed by atoms with Gasteiger partial charge in [0.05, 0.1) is 0 Å². The number of hydrogen-bond acceptors (Lipinski definition) is 5. The first-order valence-corrected chi connectivity index (χ1v) is 5.21. The van der Waals surface area contributed by atoms with Gasteiger partial charge in [0.15, 0.2) is 18.9 Å². The number of ether oxygens (including phenoxy) is 4. The molecule has 0 aromatic rings. The highest BCUT2D eigenvalue weighted by Gasteiger charge is 2.13. The summed E-state index contributed by atoms with van der Waals surface area (Å²) in [6.45, 7) is 7.08. The van der Waals surface area contributed by atoms with Crippen LogP contribution < -0.4 is 0 Å². The Morgan fingerprint density at radius 3 is 2.00 bits per heavy atom. The van der Waals surface area contributed by atoms with Crippen molar-refractivity contribution in [2.24, 2.45) is 0 Å². The van der Waals surface area contributed by atoms with E-state index in [0.29, 0.717) is 6.61 Å². The van der Waals surface area contributed by atoms with E-state index in [4.69, 9.17) is 24.1 Å². The zero-order valence-corrected chi connectivity index (χ0v) is 10.1. The molecule has 0 saturated carbocycles. The highest BCUT2D eigenvalue weighted by Crippen LogP contribution is 2.05. The van der Waals surface area contributed by atoms with Crippen LogP contribution in [-0.2, 0) is 23.7 Å². The molecule has 0 aliphatic carbocycles. The Kier molecular flexibility index (Phi) is 8.10. The largest absolute Gasteiger partial charge is 0.480 e. The summed E-state index contributed by atoms with van der Waals surface area (Å²) in [5.74, 6) is -1.04. The average Bonchev–Trinajstić information content (AvgIpc) is 2.14. The Morgan fingerprint density at radius 1 is 1.06 bits per heavy atom. The van der Waals surface area contributed by atoms with Crippen molar-refractivity contribution in [3.8, 4) is 0 Å². The molecule has 0 fully saturated rings. The number of carboxylic acid groups (broad SMARTS) is 1. The quantitative estimate of drug-likeness (QED) is 0.606. The van der Waals surface area contributed by atoms with Crippen molar-refractivity contribution in [3.05, 3.63) is 0 Å². The van der Waals surface area contributed by atoms with E-state index in [1.807, 2.05) is 6.92 Å². The van der Waals surface area contributed by atoms with E-state index in [0.717, 1.165) is 0 Å². The Balaban J connectivity index is 3.68. The fourth-order valence-electron chi connectivity index (χ4n) is 1.07. The summed E-state index contributed by atoms with van der Waals surface area (Å²) in [7, 11) is 0. The van der Waals surface area contributed by atoms with E-state index in [-0.39, 0.29) is 6.29 Å². The smallest absolute Gasteiger partial charge is 0.329 e. The summed E-state index contributed by atoms with van der Waals surface area (Å²) >= 11 is 0. The molecule has 0 bridgehead atoms. The lowest BCUT2D eigenvalue weighted by Gasteiger charge is -2.22. The van der Waals surface area contributed by atoms with E-state index in [1.165, 1.54) is 0 Å². The normalized spacial score (nSPS) is 16.8. The second-order valence-corrected chi connectivity index (χ2v) is 3.14. The third-order valence-electron chi connectivity index (χ3n) is 1.61. The van der Waals surface area contributed by atoms with E-state index < -0.39 is 25.2 Å². The number of carbonyl (C=O) groups is 1. The summed E-state index contributed by atoms with van der Waals surface area (Å²) in [6, 6.07) is 0. The van der Waals surface area contributed by atoms with E-state index in [2.05, 4.69) is 0 Å². The molecule has 3 unspecified atom stereocenters. The number of aliphatic carboxylic acids is 1. The van der Waals surface area contributed by atoms with Crippen molar-refractivity contribution < 1.29 is 28.8 Å². The fraction of sp³-hybridized carbons (Fsp3) is 0.900. The van der Waals surface area contributed by atoms with Gasteiger partial charge in [0.1, 0.15) is 6.61 Å². The monoisotopic (exact) mass is 236 g/mol. The van der Waals surface area contributed by atoms with Gasteiger partial charge < -0.3 is 24.1 Å². The molecular weight excluding hydrogens is 216 g/mol. The van der Waals surface area contributed by atoms with Crippen LogP contribution in [0.1, 0.15) is 27.7 Å². The summed E-state index contributed by atoms with van der Waals surface area (Å²) in [6.07, 6.45) is -1.53. The number of rotatable bonds is 9. The molecule has 0 aromatic heterocycles. The van der Waals surface area contributed by atoms with Crippen LogP contribution in [-0.4, -0.2) is 43.2 Å².